The Kier molecular flexibility index (Phi) is 7.16. The Balaban J connectivity index is 1.27. The SMILES string of the molecule is CC(C)CCCC(C)C1CCC2C3CC=C4CC(Oc5ccc(N)cc5N)CCC4(C)C3CCC12C. The van der Waals surface area contributed by atoms with E-state index in [1.54, 1.807) is 5.57 Å². The fraction of sp³-hybridized carbons (Fsp3) is 0.758. The van der Waals surface area contributed by atoms with Gasteiger partial charge in [-0.05, 0) is 109 Å². The first-order chi connectivity index (χ1) is 17.1. The van der Waals surface area contributed by atoms with Gasteiger partial charge >= 0.3 is 0 Å². The van der Waals surface area contributed by atoms with E-state index >= 15 is 0 Å². The normalized spacial score (nSPS) is 38.6. The lowest BCUT2D eigenvalue weighted by atomic mass is 9.47. The lowest BCUT2D eigenvalue weighted by Crippen LogP contribution is -2.51. The summed E-state index contributed by atoms with van der Waals surface area (Å²) in [5.41, 5.74) is 16.0. The molecule has 3 saturated carbocycles. The molecule has 4 aliphatic carbocycles. The second-order valence-corrected chi connectivity index (χ2v) is 14.1. The van der Waals surface area contributed by atoms with Gasteiger partial charge < -0.3 is 16.2 Å². The smallest absolute Gasteiger partial charge is 0.142 e. The molecule has 0 aromatic heterocycles. The van der Waals surface area contributed by atoms with Gasteiger partial charge in [-0.25, -0.2) is 0 Å². The van der Waals surface area contributed by atoms with Crippen LogP contribution in [0.3, 0.4) is 0 Å². The van der Waals surface area contributed by atoms with Gasteiger partial charge in [0.25, 0.3) is 0 Å². The molecule has 200 valence electrons. The van der Waals surface area contributed by atoms with Crippen molar-refractivity contribution in [2.45, 2.75) is 111 Å². The number of hydrogen-bond acceptors (Lipinski definition) is 3. The van der Waals surface area contributed by atoms with Crippen molar-refractivity contribution in [3.63, 3.8) is 0 Å². The largest absolute Gasteiger partial charge is 0.488 e. The van der Waals surface area contributed by atoms with E-state index in [2.05, 4.69) is 40.7 Å². The maximum absolute atomic E-state index is 6.42. The van der Waals surface area contributed by atoms with Gasteiger partial charge in [0.1, 0.15) is 11.9 Å². The average molecular weight is 493 g/mol. The second-order valence-electron chi connectivity index (χ2n) is 14.1. The molecule has 3 fully saturated rings. The highest BCUT2D eigenvalue weighted by atomic mass is 16.5. The Hall–Kier alpha value is -1.64. The van der Waals surface area contributed by atoms with Crippen molar-refractivity contribution in [1.82, 2.24) is 0 Å². The monoisotopic (exact) mass is 492 g/mol. The van der Waals surface area contributed by atoms with Crippen LogP contribution in [0.1, 0.15) is 105 Å². The highest BCUT2D eigenvalue weighted by Crippen LogP contribution is 2.67. The van der Waals surface area contributed by atoms with Crippen LogP contribution >= 0.6 is 0 Å². The number of fused-ring (bicyclic) bond motifs is 5. The van der Waals surface area contributed by atoms with Crippen molar-refractivity contribution in [1.29, 1.82) is 0 Å². The molecule has 0 heterocycles. The molecule has 3 nitrogen and oxygen atoms in total. The number of nitrogen functional groups attached to an aromatic ring is 2. The Morgan fingerprint density at radius 2 is 1.78 bits per heavy atom. The third-order valence-electron chi connectivity index (χ3n) is 11.6. The quantitative estimate of drug-likeness (QED) is 0.296. The highest BCUT2D eigenvalue weighted by Gasteiger charge is 2.59. The molecular formula is C33H52N2O. The highest BCUT2D eigenvalue weighted by molar-refractivity contribution is 5.60. The molecule has 0 radical (unpaired) electrons. The van der Waals surface area contributed by atoms with Crippen molar-refractivity contribution in [3.8, 4) is 5.75 Å². The lowest BCUT2D eigenvalue weighted by molar-refractivity contribution is -0.0558. The standard InChI is InChI=1S/C33H52N2O/c1-21(2)7-6-8-22(3)27-12-13-28-26-11-9-23-19-25(36-31-14-10-24(34)20-30(31)35)15-17-32(23,4)29(26)16-18-33(27,28)5/h9-10,14,20-22,25-29H,6-8,11-13,15-19,34-35H2,1-5H3. The van der Waals surface area contributed by atoms with Gasteiger partial charge in [0, 0.05) is 12.1 Å². The van der Waals surface area contributed by atoms with E-state index in [-0.39, 0.29) is 6.10 Å². The molecule has 0 spiro atoms. The van der Waals surface area contributed by atoms with Crippen LogP contribution in [0.25, 0.3) is 0 Å². The van der Waals surface area contributed by atoms with Crippen molar-refractivity contribution >= 4 is 11.4 Å². The summed E-state index contributed by atoms with van der Waals surface area (Å²) in [4.78, 5) is 0. The molecule has 0 aliphatic heterocycles. The maximum Gasteiger partial charge on any atom is 0.142 e. The number of rotatable bonds is 7. The average Bonchev–Trinajstić information content (AvgIpc) is 3.18. The van der Waals surface area contributed by atoms with Gasteiger partial charge in [-0.3, -0.25) is 0 Å². The van der Waals surface area contributed by atoms with Crippen LogP contribution in [0.15, 0.2) is 29.8 Å². The molecule has 1 aromatic rings. The summed E-state index contributed by atoms with van der Waals surface area (Å²) < 4.78 is 6.42. The first-order valence-corrected chi connectivity index (χ1v) is 15.1. The van der Waals surface area contributed by atoms with E-state index in [1.165, 1.54) is 57.8 Å². The van der Waals surface area contributed by atoms with Crippen LogP contribution in [0.5, 0.6) is 5.75 Å². The number of allylic oxidation sites excluding steroid dienone is 1. The number of nitrogens with two attached hydrogens (primary N) is 2. The van der Waals surface area contributed by atoms with Crippen LogP contribution in [0, 0.1) is 46.3 Å². The van der Waals surface area contributed by atoms with Gasteiger partial charge in [0.2, 0.25) is 0 Å². The summed E-state index contributed by atoms with van der Waals surface area (Å²) in [6.07, 6.45) is 17.7. The van der Waals surface area contributed by atoms with Gasteiger partial charge in [0.05, 0.1) is 5.69 Å². The van der Waals surface area contributed by atoms with Gasteiger partial charge in [-0.1, -0.05) is 65.5 Å². The zero-order valence-electron chi connectivity index (χ0n) is 23.7. The van der Waals surface area contributed by atoms with E-state index < -0.39 is 0 Å². The minimum absolute atomic E-state index is 0.225. The number of benzene rings is 1. The number of anilines is 2. The van der Waals surface area contributed by atoms with Crippen LogP contribution in [-0.4, -0.2) is 6.10 Å². The van der Waals surface area contributed by atoms with Gasteiger partial charge in [-0.15, -0.1) is 0 Å². The Bertz CT molecular complexity index is 968. The number of ether oxygens (including phenoxy) is 1. The van der Waals surface area contributed by atoms with Gasteiger partial charge in [-0.2, -0.15) is 0 Å². The molecule has 0 amide bonds. The summed E-state index contributed by atoms with van der Waals surface area (Å²) in [6, 6.07) is 5.64. The summed E-state index contributed by atoms with van der Waals surface area (Å²) >= 11 is 0. The molecule has 0 saturated heterocycles. The summed E-state index contributed by atoms with van der Waals surface area (Å²) in [7, 11) is 0. The molecule has 1 aromatic carbocycles. The first-order valence-electron chi connectivity index (χ1n) is 15.1. The van der Waals surface area contributed by atoms with Gasteiger partial charge in [0.15, 0.2) is 0 Å². The van der Waals surface area contributed by atoms with E-state index in [0.29, 0.717) is 22.2 Å². The molecule has 0 bridgehead atoms. The maximum atomic E-state index is 6.42. The van der Waals surface area contributed by atoms with Crippen LogP contribution < -0.4 is 16.2 Å². The molecule has 8 atom stereocenters. The fourth-order valence-electron chi connectivity index (χ4n) is 9.61. The Labute approximate surface area is 220 Å². The van der Waals surface area contributed by atoms with Crippen LogP contribution in [-0.2, 0) is 0 Å². The first kappa shape index (κ1) is 26.0. The summed E-state index contributed by atoms with van der Waals surface area (Å²) in [5.74, 6) is 6.11. The zero-order chi connectivity index (χ0) is 25.7. The molecule has 8 unspecified atom stereocenters. The van der Waals surface area contributed by atoms with Crippen molar-refractivity contribution in [3.05, 3.63) is 29.8 Å². The van der Waals surface area contributed by atoms with Crippen LogP contribution in [0.4, 0.5) is 11.4 Å². The fourth-order valence-corrected chi connectivity index (χ4v) is 9.61. The van der Waals surface area contributed by atoms with E-state index in [4.69, 9.17) is 16.2 Å². The second kappa shape index (κ2) is 9.91. The summed E-state index contributed by atoms with van der Waals surface area (Å²) in [6.45, 7) is 12.6. The molecule has 5 rings (SSSR count). The van der Waals surface area contributed by atoms with Crippen molar-refractivity contribution in [2.75, 3.05) is 11.5 Å². The molecule has 4 N–H and O–H groups in total. The van der Waals surface area contributed by atoms with Crippen molar-refractivity contribution in [2.24, 2.45) is 46.3 Å². The van der Waals surface area contributed by atoms with E-state index in [1.807, 2.05) is 18.2 Å². The third kappa shape index (κ3) is 4.58. The Morgan fingerprint density at radius 1 is 0.972 bits per heavy atom. The van der Waals surface area contributed by atoms with Crippen LogP contribution in [0.2, 0.25) is 0 Å². The lowest BCUT2D eigenvalue weighted by Gasteiger charge is -2.58. The number of hydrogen-bond donors (Lipinski definition) is 2. The minimum atomic E-state index is 0.225. The predicted octanol–water partition coefficient (Wildman–Crippen LogP) is 8.64. The zero-order valence-corrected chi connectivity index (χ0v) is 23.7. The van der Waals surface area contributed by atoms with E-state index in [0.717, 1.165) is 54.1 Å². The predicted molar refractivity (Wildman–Crippen MR) is 153 cm³/mol. The third-order valence-corrected chi connectivity index (χ3v) is 11.6. The molecule has 36 heavy (non-hydrogen) atoms. The van der Waals surface area contributed by atoms with E-state index in [9.17, 15) is 0 Å². The molecular weight excluding hydrogens is 440 g/mol. The van der Waals surface area contributed by atoms with Crippen molar-refractivity contribution < 1.29 is 4.74 Å². The minimum Gasteiger partial charge on any atom is -0.488 e. The summed E-state index contributed by atoms with van der Waals surface area (Å²) in [5, 5.41) is 0. The Morgan fingerprint density at radius 3 is 2.53 bits per heavy atom. The molecule has 3 heteroatoms. The topological polar surface area (TPSA) is 61.3 Å². The molecule has 4 aliphatic rings.